The standard InChI is InChI=1S/C20H25BBrN2O/c1-21-14-9-16(22)18-15(11-24(2)17(18)10-14)19(25)23-12-20-6-3-13(4-7-20)5-8-20/h9-11,13H,3-8,12H2,1-2H3,(H,23,25). The van der Waals surface area contributed by atoms with Gasteiger partial charge in [0.05, 0.1) is 5.56 Å². The smallest absolute Gasteiger partial charge is 0.253 e. The zero-order valence-electron chi connectivity index (χ0n) is 15.1. The molecule has 5 rings (SSSR count). The van der Waals surface area contributed by atoms with Crippen LogP contribution in [0.5, 0.6) is 0 Å². The fraction of sp³-hybridized carbons (Fsp3) is 0.550. The van der Waals surface area contributed by atoms with Crippen molar-refractivity contribution in [2.75, 3.05) is 6.54 Å². The SMILES string of the molecule is C[B]c1cc(Br)c2c(C(=O)NCC34CCC(CC3)CC4)cn(C)c2c1. The third-order valence-electron chi connectivity index (χ3n) is 6.51. The summed E-state index contributed by atoms with van der Waals surface area (Å²) in [6.07, 6.45) is 9.87. The maximum atomic E-state index is 12.9. The van der Waals surface area contributed by atoms with Crippen molar-refractivity contribution in [3.8, 4) is 0 Å². The number of rotatable bonds is 4. The monoisotopic (exact) mass is 399 g/mol. The molecule has 3 aliphatic rings. The van der Waals surface area contributed by atoms with Gasteiger partial charge in [-0.2, -0.15) is 0 Å². The third-order valence-corrected chi connectivity index (χ3v) is 7.14. The van der Waals surface area contributed by atoms with Gasteiger partial charge in [-0.15, -0.1) is 0 Å². The lowest BCUT2D eigenvalue weighted by molar-refractivity contribution is 0.0598. The van der Waals surface area contributed by atoms with E-state index in [9.17, 15) is 4.79 Å². The molecule has 1 N–H and O–H groups in total. The second-order valence-electron chi connectivity index (χ2n) is 8.00. The van der Waals surface area contributed by atoms with E-state index in [0.29, 0.717) is 5.41 Å². The van der Waals surface area contributed by atoms with E-state index in [1.165, 1.54) is 38.5 Å². The molecule has 0 atom stereocenters. The van der Waals surface area contributed by atoms with E-state index in [2.05, 4.69) is 40.7 Å². The van der Waals surface area contributed by atoms with Gasteiger partial charge in [-0.05, 0) is 55.9 Å². The van der Waals surface area contributed by atoms with E-state index < -0.39 is 0 Å². The first-order chi connectivity index (χ1) is 12.0. The number of hydrogen-bond donors (Lipinski definition) is 1. The van der Waals surface area contributed by atoms with Crippen LogP contribution in [0.2, 0.25) is 6.82 Å². The molecular weight excluding hydrogens is 375 g/mol. The summed E-state index contributed by atoms with van der Waals surface area (Å²) in [5.74, 6) is 1.01. The van der Waals surface area contributed by atoms with E-state index in [-0.39, 0.29) is 5.91 Å². The maximum absolute atomic E-state index is 12.9. The fourth-order valence-electron chi connectivity index (χ4n) is 4.79. The molecule has 2 aromatic rings. The first kappa shape index (κ1) is 17.2. The van der Waals surface area contributed by atoms with E-state index in [4.69, 9.17) is 0 Å². The van der Waals surface area contributed by atoms with Gasteiger partial charge < -0.3 is 9.88 Å². The lowest BCUT2D eigenvalue weighted by Gasteiger charge is -2.46. The second kappa shape index (κ2) is 6.50. The average Bonchev–Trinajstić information content (AvgIpc) is 2.98. The van der Waals surface area contributed by atoms with Crippen LogP contribution in [0.4, 0.5) is 0 Å². The van der Waals surface area contributed by atoms with Crippen molar-refractivity contribution in [3.05, 3.63) is 28.4 Å². The van der Waals surface area contributed by atoms with Gasteiger partial charge >= 0.3 is 0 Å². The number of nitrogens with zero attached hydrogens (tertiary/aromatic N) is 1. The van der Waals surface area contributed by atoms with Crippen LogP contribution in [0, 0.1) is 11.3 Å². The Hall–Kier alpha value is -1.23. The number of nitrogens with one attached hydrogen (secondary N) is 1. The van der Waals surface area contributed by atoms with Gasteiger partial charge in [-0.1, -0.05) is 34.3 Å². The molecule has 1 aromatic carbocycles. The van der Waals surface area contributed by atoms with Gasteiger partial charge in [0, 0.05) is 35.2 Å². The van der Waals surface area contributed by atoms with Gasteiger partial charge in [0.15, 0.2) is 0 Å². The summed E-state index contributed by atoms with van der Waals surface area (Å²) in [4.78, 5) is 12.9. The van der Waals surface area contributed by atoms with Crippen molar-refractivity contribution in [2.24, 2.45) is 18.4 Å². The van der Waals surface area contributed by atoms with Gasteiger partial charge in [0.1, 0.15) is 7.28 Å². The van der Waals surface area contributed by atoms with Crippen LogP contribution in [0.25, 0.3) is 10.9 Å². The van der Waals surface area contributed by atoms with Crippen molar-refractivity contribution in [3.63, 3.8) is 0 Å². The number of amides is 1. The first-order valence-corrected chi connectivity index (χ1v) is 10.2. The number of carbonyl (C=O) groups excluding carboxylic acids is 1. The largest absolute Gasteiger partial charge is 0.351 e. The number of fused-ring (bicyclic) bond motifs is 4. The Morgan fingerprint density at radius 3 is 2.64 bits per heavy atom. The molecule has 3 nitrogen and oxygen atoms in total. The average molecular weight is 400 g/mol. The molecule has 3 saturated carbocycles. The minimum Gasteiger partial charge on any atom is -0.351 e. The molecule has 25 heavy (non-hydrogen) atoms. The second-order valence-corrected chi connectivity index (χ2v) is 8.86. The number of hydrogen-bond acceptors (Lipinski definition) is 1. The number of carbonyl (C=O) groups is 1. The summed E-state index contributed by atoms with van der Waals surface area (Å²) in [5.41, 5.74) is 3.37. The van der Waals surface area contributed by atoms with Crippen LogP contribution in [0.3, 0.4) is 0 Å². The minimum absolute atomic E-state index is 0.0570. The molecule has 0 saturated heterocycles. The van der Waals surface area contributed by atoms with E-state index in [1.54, 1.807) is 0 Å². The summed E-state index contributed by atoms with van der Waals surface area (Å²) in [6, 6.07) is 4.22. The van der Waals surface area contributed by atoms with Crippen LogP contribution in [0.1, 0.15) is 48.9 Å². The summed E-state index contributed by atoms with van der Waals surface area (Å²) < 4.78 is 3.03. The summed E-state index contributed by atoms with van der Waals surface area (Å²) in [7, 11) is 4.08. The van der Waals surface area contributed by atoms with Gasteiger partial charge in [0.25, 0.3) is 5.91 Å². The number of benzene rings is 1. The van der Waals surface area contributed by atoms with Crippen molar-refractivity contribution >= 4 is 45.5 Å². The van der Waals surface area contributed by atoms with Crippen LogP contribution in [-0.2, 0) is 7.05 Å². The normalized spacial score (nSPS) is 25.3. The Kier molecular flexibility index (Phi) is 4.47. The van der Waals surface area contributed by atoms with Crippen LogP contribution >= 0.6 is 15.9 Å². The molecule has 0 aliphatic heterocycles. The van der Waals surface area contributed by atoms with Crippen molar-refractivity contribution in [2.45, 2.75) is 45.3 Å². The molecular formula is C20H25BBrN2O. The molecule has 0 spiro atoms. The highest BCUT2D eigenvalue weighted by atomic mass is 79.9. The Bertz CT molecular complexity index is 807. The van der Waals surface area contributed by atoms with Crippen molar-refractivity contribution in [1.29, 1.82) is 0 Å². The van der Waals surface area contributed by atoms with E-state index in [0.717, 1.165) is 38.9 Å². The van der Waals surface area contributed by atoms with Gasteiger partial charge in [0.2, 0.25) is 0 Å². The molecule has 1 aromatic heterocycles. The summed E-state index contributed by atoms with van der Waals surface area (Å²) in [6.45, 7) is 2.86. The number of aromatic nitrogens is 1. The lowest BCUT2D eigenvalue weighted by atomic mass is 9.61. The Balaban J connectivity index is 1.58. The van der Waals surface area contributed by atoms with Gasteiger partial charge in [-0.3, -0.25) is 4.79 Å². The molecule has 3 fully saturated rings. The molecule has 0 unspecified atom stereocenters. The highest BCUT2D eigenvalue weighted by Crippen LogP contribution is 2.49. The number of halogens is 1. The number of aryl methyl sites for hydroxylation is 1. The molecule has 131 valence electrons. The quantitative estimate of drug-likeness (QED) is 0.774. The van der Waals surface area contributed by atoms with Crippen LogP contribution < -0.4 is 10.8 Å². The molecule has 1 radical (unpaired) electrons. The highest BCUT2D eigenvalue weighted by Gasteiger charge is 2.40. The Labute approximate surface area is 158 Å². The maximum Gasteiger partial charge on any atom is 0.253 e. The van der Waals surface area contributed by atoms with E-state index >= 15 is 0 Å². The zero-order valence-corrected chi connectivity index (χ0v) is 16.7. The molecule has 3 aliphatic carbocycles. The predicted octanol–water partition coefficient (Wildman–Crippen LogP) is 4.02. The van der Waals surface area contributed by atoms with Crippen molar-refractivity contribution in [1.82, 2.24) is 9.88 Å². The minimum atomic E-state index is 0.0570. The molecule has 5 heteroatoms. The summed E-state index contributed by atoms with van der Waals surface area (Å²) in [5, 5.41) is 4.28. The van der Waals surface area contributed by atoms with Crippen LogP contribution in [-0.4, -0.2) is 24.3 Å². The molecule has 1 heterocycles. The topological polar surface area (TPSA) is 34.0 Å². The Morgan fingerprint density at radius 2 is 2.00 bits per heavy atom. The van der Waals surface area contributed by atoms with Crippen LogP contribution in [0.15, 0.2) is 22.8 Å². The Morgan fingerprint density at radius 1 is 1.32 bits per heavy atom. The first-order valence-electron chi connectivity index (χ1n) is 9.37. The molecule has 1 amide bonds. The predicted molar refractivity (Wildman–Crippen MR) is 108 cm³/mol. The van der Waals surface area contributed by atoms with Crippen molar-refractivity contribution < 1.29 is 4.79 Å². The fourth-order valence-corrected chi connectivity index (χ4v) is 5.47. The van der Waals surface area contributed by atoms with Gasteiger partial charge in [-0.25, -0.2) is 0 Å². The highest BCUT2D eigenvalue weighted by molar-refractivity contribution is 9.10. The lowest BCUT2D eigenvalue weighted by Crippen LogP contribution is -2.43. The summed E-state index contributed by atoms with van der Waals surface area (Å²) >= 11 is 3.67. The zero-order chi connectivity index (χ0) is 17.6. The third kappa shape index (κ3) is 3.05. The molecule has 2 bridgehead atoms. The van der Waals surface area contributed by atoms with E-state index in [1.807, 2.05) is 24.6 Å².